The van der Waals surface area contributed by atoms with Crippen LogP contribution in [0.2, 0.25) is 5.02 Å². The minimum Gasteiger partial charge on any atom is -0.371 e. The number of carbonyl (C=O) groups is 2. The van der Waals surface area contributed by atoms with Gasteiger partial charge in [-0.15, -0.1) is 0 Å². The van der Waals surface area contributed by atoms with E-state index in [1.165, 1.54) is 0 Å². The second kappa shape index (κ2) is 11.8. The number of amides is 3. The van der Waals surface area contributed by atoms with Gasteiger partial charge in [0.05, 0.1) is 22.3 Å². The standard InChI is InChI=1S/C31H33ClF3N5O2/c1-18-14-24(15-19(2)36-18)40-12-10-23(11-13-40)39(3)29(41)21-5-4-20-6-9-27(25(20)16-21)37-30(42)38-28-17-22(31(33,34)35)7-8-26(28)32/h4-5,7-8,14-17,23,27H,6,9-13H2,1-3H3,(H2,37,38,42). The molecular formula is C31H33ClF3N5O2. The van der Waals surface area contributed by atoms with E-state index in [0.29, 0.717) is 18.4 Å². The smallest absolute Gasteiger partial charge is 0.371 e. The van der Waals surface area contributed by atoms with Crippen LogP contribution >= 0.6 is 11.6 Å². The van der Waals surface area contributed by atoms with Gasteiger partial charge in [-0.1, -0.05) is 17.7 Å². The fourth-order valence-corrected chi connectivity index (χ4v) is 6.04. The van der Waals surface area contributed by atoms with Gasteiger partial charge in [0.1, 0.15) is 0 Å². The van der Waals surface area contributed by atoms with Crippen molar-refractivity contribution >= 4 is 34.9 Å². The van der Waals surface area contributed by atoms with Crippen molar-refractivity contribution in [2.24, 2.45) is 0 Å². The number of nitrogens with one attached hydrogen (secondary N) is 2. The summed E-state index contributed by atoms with van der Waals surface area (Å²) >= 11 is 6.03. The first-order valence-corrected chi connectivity index (χ1v) is 14.3. The summed E-state index contributed by atoms with van der Waals surface area (Å²) in [5.41, 5.74) is 4.48. The molecule has 3 amide bonds. The molecule has 0 spiro atoms. The van der Waals surface area contributed by atoms with Crippen LogP contribution in [0.25, 0.3) is 0 Å². The Balaban J connectivity index is 1.22. The second-order valence-electron chi connectivity index (χ2n) is 11.0. The molecule has 1 aromatic heterocycles. The predicted octanol–water partition coefficient (Wildman–Crippen LogP) is 6.92. The lowest BCUT2D eigenvalue weighted by atomic mass is 10.00. The van der Waals surface area contributed by atoms with Crippen LogP contribution in [0.3, 0.4) is 0 Å². The van der Waals surface area contributed by atoms with Crippen molar-refractivity contribution in [2.75, 3.05) is 30.4 Å². The summed E-state index contributed by atoms with van der Waals surface area (Å²) in [6.07, 6.45) is -1.56. The Labute approximate surface area is 248 Å². The van der Waals surface area contributed by atoms with Gasteiger partial charge in [0.15, 0.2) is 0 Å². The van der Waals surface area contributed by atoms with Crippen molar-refractivity contribution in [3.05, 3.63) is 87.2 Å². The molecule has 1 aliphatic carbocycles. The number of halogens is 4. The van der Waals surface area contributed by atoms with E-state index in [1.807, 2.05) is 44.0 Å². The number of hydrogen-bond donors (Lipinski definition) is 2. The highest BCUT2D eigenvalue weighted by Crippen LogP contribution is 2.35. The minimum absolute atomic E-state index is 0.00210. The molecule has 7 nitrogen and oxygen atoms in total. The first-order valence-electron chi connectivity index (χ1n) is 13.9. The number of carbonyl (C=O) groups excluding carboxylic acids is 2. The Bertz CT molecular complexity index is 1480. The van der Waals surface area contributed by atoms with Crippen LogP contribution in [-0.4, -0.2) is 48.0 Å². The van der Waals surface area contributed by atoms with Crippen molar-refractivity contribution in [1.82, 2.24) is 15.2 Å². The van der Waals surface area contributed by atoms with Crippen molar-refractivity contribution in [3.8, 4) is 0 Å². The molecule has 3 aromatic rings. The van der Waals surface area contributed by atoms with E-state index in [-0.39, 0.29) is 22.7 Å². The molecule has 2 aliphatic rings. The van der Waals surface area contributed by atoms with E-state index >= 15 is 0 Å². The zero-order valence-corrected chi connectivity index (χ0v) is 24.4. The molecule has 1 aliphatic heterocycles. The van der Waals surface area contributed by atoms with Gasteiger partial charge >= 0.3 is 12.2 Å². The summed E-state index contributed by atoms with van der Waals surface area (Å²) < 4.78 is 39.3. The van der Waals surface area contributed by atoms with Gasteiger partial charge in [-0.2, -0.15) is 13.2 Å². The molecule has 2 N–H and O–H groups in total. The van der Waals surface area contributed by atoms with E-state index in [4.69, 9.17) is 11.6 Å². The number of pyridine rings is 1. The van der Waals surface area contributed by atoms with Gasteiger partial charge in [-0.3, -0.25) is 9.78 Å². The highest BCUT2D eigenvalue weighted by atomic mass is 35.5. The Morgan fingerprint density at radius 3 is 2.36 bits per heavy atom. The number of fused-ring (bicyclic) bond motifs is 1. The van der Waals surface area contributed by atoms with Gasteiger partial charge in [0, 0.05) is 48.8 Å². The Kier molecular flexibility index (Phi) is 8.37. The first kappa shape index (κ1) is 29.7. The highest BCUT2D eigenvalue weighted by Gasteiger charge is 2.32. The average molecular weight is 600 g/mol. The zero-order valence-electron chi connectivity index (χ0n) is 23.7. The molecule has 0 saturated carbocycles. The third-order valence-electron chi connectivity index (χ3n) is 8.08. The monoisotopic (exact) mass is 599 g/mol. The molecule has 5 rings (SSSR count). The van der Waals surface area contributed by atoms with E-state index < -0.39 is 23.8 Å². The van der Waals surface area contributed by atoms with Crippen LogP contribution in [0.1, 0.15) is 63.7 Å². The second-order valence-corrected chi connectivity index (χ2v) is 11.4. The van der Waals surface area contributed by atoms with Gasteiger partial charge in [-0.25, -0.2) is 4.79 Å². The van der Waals surface area contributed by atoms with E-state index in [0.717, 1.165) is 72.3 Å². The molecule has 0 radical (unpaired) electrons. The van der Waals surface area contributed by atoms with Gasteiger partial charge in [0.25, 0.3) is 5.91 Å². The third kappa shape index (κ3) is 6.48. The fraction of sp³-hybridized carbons (Fsp3) is 0.387. The van der Waals surface area contributed by atoms with Crippen molar-refractivity contribution in [3.63, 3.8) is 0 Å². The minimum atomic E-state index is -4.56. The quantitative estimate of drug-likeness (QED) is 0.334. The lowest BCUT2D eigenvalue weighted by Crippen LogP contribution is -2.45. The maximum absolute atomic E-state index is 13.5. The van der Waals surface area contributed by atoms with Crippen LogP contribution in [0.5, 0.6) is 0 Å². The van der Waals surface area contributed by atoms with Crippen LogP contribution in [0, 0.1) is 13.8 Å². The number of hydrogen-bond acceptors (Lipinski definition) is 4. The lowest BCUT2D eigenvalue weighted by Gasteiger charge is -2.38. The summed E-state index contributed by atoms with van der Waals surface area (Å²) in [4.78, 5) is 34.8. The number of aromatic nitrogens is 1. The van der Waals surface area contributed by atoms with Gasteiger partial charge in [-0.05, 0) is 93.1 Å². The van der Waals surface area contributed by atoms with Crippen molar-refractivity contribution in [2.45, 2.75) is 57.8 Å². The van der Waals surface area contributed by atoms with E-state index in [9.17, 15) is 22.8 Å². The first-order chi connectivity index (χ1) is 19.9. The molecule has 1 unspecified atom stereocenters. The Morgan fingerprint density at radius 1 is 1.00 bits per heavy atom. The molecular weight excluding hydrogens is 567 g/mol. The number of alkyl halides is 3. The fourth-order valence-electron chi connectivity index (χ4n) is 5.88. The Morgan fingerprint density at radius 2 is 1.69 bits per heavy atom. The van der Waals surface area contributed by atoms with Gasteiger partial charge < -0.3 is 20.4 Å². The Hall–Kier alpha value is -3.79. The normalized spacial score (nSPS) is 17.1. The summed E-state index contributed by atoms with van der Waals surface area (Å²) in [5.74, 6) is -0.0855. The number of anilines is 2. The molecule has 1 fully saturated rings. The molecule has 222 valence electrons. The molecule has 2 aromatic carbocycles. The molecule has 1 atom stereocenters. The van der Waals surface area contributed by atoms with E-state index in [1.54, 1.807) is 0 Å². The average Bonchev–Trinajstić information content (AvgIpc) is 3.34. The largest absolute Gasteiger partial charge is 0.416 e. The molecule has 2 heterocycles. The van der Waals surface area contributed by atoms with Gasteiger partial charge in [0.2, 0.25) is 0 Å². The number of piperidine rings is 1. The predicted molar refractivity (Wildman–Crippen MR) is 157 cm³/mol. The summed E-state index contributed by atoms with van der Waals surface area (Å²) in [6.45, 7) is 5.66. The number of aryl methyl sites for hydroxylation is 3. The summed E-state index contributed by atoms with van der Waals surface area (Å²) in [5, 5.41) is 5.26. The zero-order chi connectivity index (χ0) is 30.2. The molecule has 0 bridgehead atoms. The van der Waals surface area contributed by atoms with Crippen LogP contribution < -0.4 is 15.5 Å². The SMILES string of the molecule is Cc1cc(N2CCC(N(C)C(=O)c3ccc4c(c3)C(NC(=O)Nc3cc(C(F)(F)F)ccc3Cl)CC4)CC2)cc(C)n1. The van der Waals surface area contributed by atoms with Crippen LogP contribution in [0.4, 0.5) is 29.3 Å². The lowest BCUT2D eigenvalue weighted by molar-refractivity contribution is -0.137. The van der Waals surface area contributed by atoms with Crippen LogP contribution in [-0.2, 0) is 12.6 Å². The number of urea groups is 1. The maximum Gasteiger partial charge on any atom is 0.416 e. The number of benzene rings is 2. The topological polar surface area (TPSA) is 77.6 Å². The molecule has 11 heteroatoms. The van der Waals surface area contributed by atoms with Crippen molar-refractivity contribution < 1.29 is 22.8 Å². The summed E-state index contributed by atoms with van der Waals surface area (Å²) in [6, 6.07) is 11.5. The van der Waals surface area contributed by atoms with E-state index in [2.05, 4.69) is 32.7 Å². The highest BCUT2D eigenvalue weighted by molar-refractivity contribution is 6.33. The maximum atomic E-state index is 13.5. The number of rotatable bonds is 5. The molecule has 1 saturated heterocycles. The van der Waals surface area contributed by atoms with Crippen LogP contribution in [0.15, 0.2) is 48.5 Å². The molecule has 42 heavy (non-hydrogen) atoms. The number of nitrogens with zero attached hydrogens (tertiary/aromatic N) is 3. The van der Waals surface area contributed by atoms with Crippen molar-refractivity contribution in [1.29, 1.82) is 0 Å². The summed E-state index contributed by atoms with van der Waals surface area (Å²) in [7, 11) is 1.83. The third-order valence-corrected chi connectivity index (χ3v) is 8.41.